The van der Waals surface area contributed by atoms with Gasteiger partial charge in [-0.05, 0) is 44.4 Å². The number of hydrogen-bond donors (Lipinski definition) is 1. The van der Waals surface area contributed by atoms with Crippen molar-refractivity contribution in [2.45, 2.75) is 38.2 Å². The Balaban J connectivity index is 2.35. The highest BCUT2D eigenvalue weighted by molar-refractivity contribution is 9.10. The average Bonchev–Trinajstić information content (AvgIpc) is 2.93. The van der Waals surface area contributed by atoms with Gasteiger partial charge in [0.2, 0.25) is 0 Å². The van der Waals surface area contributed by atoms with Crippen LogP contribution in [0.15, 0.2) is 16.6 Å². The van der Waals surface area contributed by atoms with E-state index in [1.54, 1.807) is 13.2 Å². The van der Waals surface area contributed by atoms with E-state index < -0.39 is 0 Å². The van der Waals surface area contributed by atoms with Crippen LogP contribution in [0.5, 0.6) is 11.5 Å². The van der Waals surface area contributed by atoms with Crippen LogP contribution < -0.4 is 15.2 Å². The first-order chi connectivity index (χ1) is 9.65. The zero-order valence-electron chi connectivity index (χ0n) is 11.7. The predicted molar refractivity (Wildman–Crippen MR) is 81.6 cm³/mol. The van der Waals surface area contributed by atoms with Gasteiger partial charge in [0.05, 0.1) is 18.8 Å². The number of Topliss-reactive ketones (excluding diaryl/α,β-unsaturated/α-hetero) is 1. The minimum absolute atomic E-state index is 0.0138. The molecule has 0 spiro atoms. The van der Waals surface area contributed by atoms with Crippen LogP contribution in [-0.4, -0.2) is 25.5 Å². The summed E-state index contributed by atoms with van der Waals surface area (Å²) in [6, 6.07) is 3.61. The molecule has 0 aromatic heterocycles. The van der Waals surface area contributed by atoms with Gasteiger partial charge in [-0.3, -0.25) is 4.79 Å². The Morgan fingerprint density at radius 2 is 2.10 bits per heavy atom. The van der Waals surface area contributed by atoms with Crippen LogP contribution in [0, 0.1) is 0 Å². The number of carbonyl (C=O) groups is 1. The van der Waals surface area contributed by atoms with Gasteiger partial charge in [-0.15, -0.1) is 0 Å². The molecule has 5 heteroatoms. The van der Waals surface area contributed by atoms with Gasteiger partial charge in [-0.2, -0.15) is 0 Å². The lowest BCUT2D eigenvalue weighted by atomic mass is 10.1. The Hall–Kier alpha value is -1.07. The molecule has 0 saturated heterocycles. The maximum absolute atomic E-state index is 12.2. The van der Waals surface area contributed by atoms with Crippen molar-refractivity contribution < 1.29 is 14.3 Å². The molecule has 0 bridgehead atoms. The highest BCUT2D eigenvalue weighted by atomic mass is 79.9. The maximum atomic E-state index is 12.2. The molecule has 2 N–H and O–H groups in total. The predicted octanol–water partition coefficient (Wildman–Crippen LogP) is 3.31. The zero-order valence-corrected chi connectivity index (χ0v) is 13.2. The first kappa shape index (κ1) is 15.3. The van der Waals surface area contributed by atoms with Crippen molar-refractivity contribution in [2.75, 3.05) is 13.7 Å². The topological polar surface area (TPSA) is 61.5 Å². The highest BCUT2D eigenvalue weighted by Gasteiger charge is 2.23. The smallest absolute Gasteiger partial charge is 0.172 e. The molecule has 0 atom stereocenters. The van der Waals surface area contributed by atoms with E-state index in [9.17, 15) is 4.79 Å². The van der Waals surface area contributed by atoms with Gasteiger partial charge in [0.1, 0.15) is 0 Å². The van der Waals surface area contributed by atoms with Crippen molar-refractivity contribution in [3.63, 3.8) is 0 Å². The Morgan fingerprint density at radius 3 is 2.70 bits per heavy atom. The normalized spacial score (nSPS) is 15.3. The van der Waals surface area contributed by atoms with E-state index in [0.29, 0.717) is 30.0 Å². The molecular weight excluding hydrogens is 322 g/mol. The van der Waals surface area contributed by atoms with Crippen LogP contribution >= 0.6 is 15.9 Å². The number of ether oxygens (including phenoxy) is 2. The second-order valence-corrected chi connectivity index (χ2v) is 5.89. The second-order valence-electron chi connectivity index (χ2n) is 4.97. The largest absolute Gasteiger partial charge is 0.493 e. The van der Waals surface area contributed by atoms with E-state index in [4.69, 9.17) is 15.2 Å². The summed E-state index contributed by atoms with van der Waals surface area (Å²) in [7, 11) is 1.58. The average molecular weight is 342 g/mol. The fourth-order valence-electron chi connectivity index (χ4n) is 2.49. The van der Waals surface area contributed by atoms with Crippen molar-refractivity contribution >= 4 is 21.7 Å². The molecule has 4 nitrogen and oxygen atoms in total. The van der Waals surface area contributed by atoms with Gasteiger partial charge in [0, 0.05) is 10.9 Å². The Bertz CT molecular complexity index is 484. The summed E-state index contributed by atoms with van der Waals surface area (Å²) in [5, 5.41) is 0. The number of rotatable bonds is 6. The van der Waals surface area contributed by atoms with Crippen molar-refractivity contribution in [2.24, 2.45) is 5.73 Å². The molecule has 0 heterocycles. The van der Waals surface area contributed by atoms with Gasteiger partial charge in [0.25, 0.3) is 0 Å². The van der Waals surface area contributed by atoms with Gasteiger partial charge in [0.15, 0.2) is 17.3 Å². The number of halogens is 1. The molecule has 2 rings (SSSR count). The van der Waals surface area contributed by atoms with Crippen LogP contribution in [-0.2, 0) is 0 Å². The molecule has 110 valence electrons. The van der Waals surface area contributed by atoms with E-state index in [-0.39, 0.29) is 11.9 Å². The van der Waals surface area contributed by atoms with Gasteiger partial charge < -0.3 is 15.2 Å². The lowest BCUT2D eigenvalue weighted by Crippen LogP contribution is -2.16. The highest BCUT2D eigenvalue weighted by Crippen LogP contribution is 2.38. The molecule has 0 unspecified atom stereocenters. The number of carbonyl (C=O) groups excluding carboxylic acids is 1. The van der Waals surface area contributed by atoms with E-state index in [2.05, 4.69) is 15.9 Å². The minimum Gasteiger partial charge on any atom is -0.493 e. The number of ketones is 1. The summed E-state index contributed by atoms with van der Waals surface area (Å²) in [4.78, 5) is 12.2. The number of benzene rings is 1. The fraction of sp³-hybridized carbons (Fsp3) is 0.533. The number of nitrogens with two attached hydrogens (primary N) is 1. The second kappa shape index (κ2) is 7.09. The summed E-state index contributed by atoms with van der Waals surface area (Å²) >= 11 is 3.40. The monoisotopic (exact) mass is 341 g/mol. The summed E-state index contributed by atoms with van der Waals surface area (Å²) in [5.74, 6) is 1.13. The Kier molecular flexibility index (Phi) is 5.43. The van der Waals surface area contributed by atoms with Crippen LogP contribution in [0.2, 0.25) is 0 Å². The van der Waals surface area contributed by atoms with Crippen LogP contribution in [0.25, 0.3) is 0 Å². The SMILES string of the molecule is COc1cc(Br)cc(C(=O)CCN)c1OC1CCCC1. The molecule has 0 aliphatic heterocycles. The van der Waals surface area contributed by atoms with E-state index >= 15 is 0 Å². The minimum atomic E-state index is -0.0138. The third-order valence-corrected chi connectivity index (χ3v) is 3.96. The van der Waals surface area contributed by atoms with Gasteiger partial charge >= 0.3 is 0 Å². The number of methoxy groups -OCH3 is 1. The molecule has 20 heavy (non-hydrogen) atoms. The lowest BCUT2D eigenvalue weighted by molar-refractivity contribution is 0.0977. The summed E-state index contributed by atoms with van der Waals surface area (Å²) in [6.45, 7) is 0.330. The summed E-state index contributed by atoms with van der Waals surface area (Å²) in [6.07, 6.45) is 4.90. The molecule has 1 aromatic carbocycles. The summed E-state index contributed by atoms with van der Waals surface area (Å²) < 4.78 is 12.2. The maximum Gasteiger partial charge on any atom is 0.172 e. The van der Waals surface area contributed by atoms with E-state index in [1.165, 1.54) is 12.8 Å². The van der Waals surface area contributed by atoms with Crippen molar-refractivity contribution in [3.05, 3.63) is 22.2 Å². The van der Waals surface area contributed by atoms with E-state index in [1.807, 2.05) is 6.07 Å². The van der Waals surface area contributed by atoms with Gasteiger partial charge in [-0.1, -0.05) is 15.9 Å². The lowest BCUT2D eigenvalue weighted by Gasteiger charge is -2.19. The molecular formula is C15H20BrNO3. The Morgan fingerprint density at radius 1 is 1.40 bits per heavy atom. The fourth-order valence-corrected chi connectivity index (χ4v) is 2.92. The summed E-state index contributed by atoms with van der Waals surface area (Å²) in [5.41, 5.74) is 6.03. The van der Waals surface area contributed by atoms with Crippen LogP contribution in [0.1, 0.15) is 42.5 Å². The molecule has 1 aliphatic rings. The third kappa shape index (κ3) is 3.52. The first-order valence-electron chi connectivity index (χ1n) is 6.93. The van der Waals surface area contributed by atoms with Crippen LogP contribution in [0.3, 0.4) is 0 Å². The Labute approximate surface area is 127 Å². The molecule has 0 amide bonds. The van der Waals surface area contributed by atoms with E-state index in [0.717, 1.165) is 17.3 Å². The molecule has 1 saturated carbocycles. The molecule has 1 aromatic rings. The van der Waals surface area contributed by atoms with Crippen molar-refractivity contribution in [3.8, 4) is 11.5 Å². The molecule has 1 fully saturated rings. The zero-order chi connectivity index (χ0) is 14.5. The standard InChI is InChI=1S/C15H20BrNO3/c1-19-14-9-10(16)8-12(13(18)6-7-17)15(14)20-11-4-2-3-5-11/h8-9,11H,2-7,17H2,1H3. The van der Waals surface area contributed by atoms with Crippen molar-refractivity contribution in [1.82, 2.24) is 0 Å². The number of hydrogen-bond acceptors (Lipinski definition) is 4. The third-order valence-electron chi connectivity index (χ3n) is 3.50. The molecule has 0 radical (unpaired) electrons. The van der Waals surface area contributed by atoms with Gasteiger partial charge in [-0.25, -0.2) is 0 Å². The van der Waals surface area contributed by atoms with Crippen LogP contribution in [0.4, 0.5) is 0 Å². The van der Waals surface area contributed by atoms with Crippen molar-refractivity contribution in [1.29, 1.82) is 0 Å². The quantitative estimate of drug-likeness (QED) is 0.806. The first-order valence-corrected chi connectivity index (χ1v) is 7.72. The molecule has 1 aliphatic carbocycles.